The maximum absolute atomic E-state index is 10.7. The number of aromatic hydroxyl groups is 1. The summed E-state index contributed by atoms with van der Waals surface area (Å²) in [5.41, 5.74) is 2.47. The fraction of sp³-hybridized carbons (Fsp3) is 0.455. The third-order valence-electron chi connectivity index (χ3n) is 6.07. The summed E-state index contributed by atoms with van der Waals surface area (Å²) in [6, 6.07) is 8.88. The van der Waals surface area contributed by atoms with Crippen LogP contribution in [-0.4, -0.2) is 58.6 Å². The number of nitrogens with one attached hydrogen (secondary N) is 1. The van der Waals surface area contributed by atoms with E-state index in [2.05, 4.69) is 20.4 Å². The molecule has 6 nitrogen and oxygen atoms in total. The Bertz CT molecular complexity index is 1020. The number of fused-ring (bicyclic) bond motifs is 1. The molecule has 29 heavy (non-hydrogen) atoms. The molecule has 5 rings (SSSR count). The van der Waals surface area contributed by atoms with Crippen LogP contribution in [0.1, 0.15) is 24.8 Å². The first kappa shape index (κ1) is 18.8. The number of hydrogen-bond acceptors (Lipinski definition) is 7. The summed E-state index contributed by atoms with van der Waals surface area (Å²) in [5.74, 6) is 1.08. The largest absolute Gasteiger partial charge is 0.507 e. The molecule has 2 aliphatic rings. The van der Waals surface area contributed by atoms with Crippen LogP contribution in [0.5, 0.6) is 5.75 Å². The van der Waals surface area contributed by atoms with Gasteiger partial charge in [0.25, 0.3) is 0 Å². The Morgan fingerprint density at radius 1 is 1.24 bits per heavy atom. The molecule has 2 saturated heterocycles. The van der Waals surface area contributed by atoms with Gasteiger partial charge < -0.3 is 15.2 Å². The lowest BCUT2D eigenvalue weighted by atomic mass is 10.0. The number of phenolic OH excluding ortho intramolecular Hbond substituents is 1. The summed E-state index contributed by atoms with van der Waals surface area (Å²) >= 11 is 1.62. The van der Waals surface area contributed by atoms with E-state index in [1.54, 1.807) is 11.3 Å². The van der Waals surface area contributed by atoms with Crippen molar-refractivity contribution in [3.8, 4) is 17.0 Å². The van der Waals surface area contributed by atoms with Crippen LogP contribution >= 0.6 is 11.3 Å². The number of ether oxygens (including phenoxy) is 1. The third-order valence-corrected chi connectivity index (χ3v) is 6.96. The first-order valence-corrected chi connectivity index (χ1v) is 11.2. The van der Waals surface area contributed by atoms with Gasteiger partial charge in [-0.25, -0.2) is 0 Å². The molecule has 0 unspecified atom stereocenters. The number of benzene rings is 1. The molecule has 3 aromatic rings. The zero-order chi connectivity index (χ0) is 19.8. The molecule has 152 valence electrons. The highest BCUT2D eigenvalue weighted by Gasteiger charge is 2.28. The highest BCUT2D eigenvalue weighted by atomic mass is 32.1. The van der Waals surface area contributed by atoms with Crippen molar-refractivity contribution in [3.63, 3.8) is 0 Å². The maximum atomic E-state index is 10.7. The maximum Gasteiger partial charge on any atom is 0.149 e. The molecule has 0 aliphatic carbocycles. The van der Waals surface area contributed by atoms with Gasteiger partial charge >= 0.3 is 0 Å². The van der Waals surface area contributed by atoms with Crippen molar-refractivity contribution in [2.75, 3.05) is 31.6 Å². The van der Waals surface area contributed by atoms with Crippen LogP contribution in [0.25, 0.3) is 21.3 Å². The van der Waals surface area contributed by atoms with Gasteiger partial charge in [-0.15, -0.1) is 21.5 Å². The molecule has 2 aromatic heterocycles. The molecule has 0 radical (unpaired) electrons. The molecule has 1 aromatic carbocycles. The van der Waals surface area contributed by atoms with Crippen LogP contribution in [0.15, 0.2) is 29.6 Å². The van der Waals surface area contributed by atoms with Crippen molar-refractivity contribution in [3.05, 3.63) is 35.2 Å². The monoisotopic (exact) mass is 410 g/mol. The topological polar surface area (TPSA) is 70.5 Å². The molecule has 0 saturated carbocycles. The van der Waals surface area contributed by atoms with Crippen molar-refractivity contribution in [2.24, 2.45) is 0 Å². The van der Waals surface area contributed by atoms with E-state index in [1.807, 2.05) is 36.6 Å². The van der Waals surface area contributed by atoms with Crippen LogP contribution in [0, 0.1) is 6.92 Å². The standard InChI is InChI=1S/C22H26N4O2S/c1-14-11-20(23-15-3-2-8-26(12-15)16-6-9-28-13-16)24-25-21(14)18-4-5-19-17(22(18)27)7-10-29-19/h4-5,7,10-11,15-16,27H,2-3,6,8-9,12-13H2,1H3,(H,23,24)/t15-,16-/m0/s1. The van der Waals surface area contributed by atoms with Gasteiger partial charge in [0.1, 0.15) is 11.6 Å². The van der Waals surface area contributed by atoms with Crippen LogP contribution < -0.4 is 5.32 Å². The van der Waals surface area contributed by atoms with Crippen molar-refractivity contribution < 1.29 is 9.84 Å². The van der Waals surface area contributed by atoms with Crippen molar-refractivity contribution in [2.45, 2.75) is 38.3 Å². The van der Waals surface area contributed by atoms with Crippen molar-refractivity contribution >= 4 is 27.2 Å². The number of likely N-dealkylation sites (tertiary alicyclic amines) is 1. The lowest BCUT2D eigenvalue weighted by molar-refractivity contribution is 0.123. The molecule has 7 heteroatoms. The lowest BCUT2D eigenvalue weighted by Gasteiger charge is -2.36. The summed E-state index contributed by atoms with van der Waals surface area (Å²) < 4.78 is 6.64. The van der Waals surface area contributed by atoms with E-state index in [0.29, 0.717) is 12.1 Å². The molecule has 2 atom stereocenters. The number of aryl methyl sites for hydroxylation is 1. The van der Waals surface area contributed by atoms with Crippen LogP contribution in [-0.2, 0) is 4.74 Å². The second-order valence-corrected chi connectivity index (χ2v) is 9.00. The van der Waals surface area contributed by atoms with Gasteiger partial charge in [0.05, 0.1) is 12.3 Å². The first-order chi connectivity index (χ1) is 14.2. The van der Waals surface area contributed by atoms with Crippen LogP contribution in [0.3, 0.4) is 0 Å². The minimum Gasteiger partial charge on any atom is -0.507 e. The fourth-order valence-electron chi connectivity index (χ4n) is 4.52. The molecule has 0 amide bonds. The second-order valence-electron chi connectivity index (χ2n) is 8.05. The first-order valence-electron chi connectivity index (χ1n) is 10.3. The van der Waals surface area contributed by atoms with Crippen molar-refractivity contribution in [1.29, 1.82) is 0 Å². The summed E-state index contributed by atoms with van der Waals surface area (Å²) in [6.45, 7) is 5.94. The Balaban J connectivity index is 1.33. The van der Waals surface area contributed by atoms with Gasteiger partial charge in [0.2, 0.25) is 0 Å². The molecule has 2 fully saturated rings. The summed E-state index contributed by atoms with van der Waals surface area (Å²) in [4.78, 5) is 2.55. The quantitative estimate of drug-likeness (QED) is 0.677. The molecule has 2 N–H and O–H groups in total. The molecular formula is C22H26N4O2S. The summed E-state index contributed by atoms with van der Waals surface area (Å²) in [6.07, 6.45) is 3.47. The normalized spacial score (nSPS) is 22.9. The second kappa shape index (κ2) is 7.89. The van der Waals surface area contributed by atoms with E-state index >= 15 is 0 Å². The van der Waals surface area contributed by atoms with Gasteiger partial charge in [-0.1, -0.05) is 0 Å². The minimum atomic E-state index is 0.281. The molecular weight excluding hydrogens is 384 g/mol. The number of thiophene rings is 1. The van der Waals surface area contributed by atoms with E-state index < -0.39 is 0 Å². The predicted molar refractivity (Wildman–Crippen MR) is 117 cm³/mol. The number of piperidine rings is 1. The third kappa shape index (κ3) is 3.70. The SMILES string of the molecule is Cc1cc(N[C@H]2CCCN([C@H]3CCOC3)C2)nnc1-c1ccc2sccc2c1O. The van der Waals surface area contributed by atoms with E-state index in [0.717, 1.165) is 71.9 Å². The minimum absolute atomic E-state index is 0.281. The molecule has 0 bridgehead atoms. The lowest BCUT2D eigenvalue weighted by Crippen LogP contribution is -2.47. The van der Waals surface area contributed by atoms with E-state index in [9.17, 15) is 5.11 Å². The van der Waals surface area contributed by atoms with E-state index in [4.69, 9.17) is 4.74 Å². The highest BCUT2D eigenvalue weighted by Crippen LogP contribution is 2.38. The Morgan fingerprint density at radius 3 is 3.00 bits per heavy atom. The number of aromatic nitrogens is 2. The summed E-state index contributed by atoms with van der Waals surface area (Å²) in [7, 11) is 0. The molecule has 2 aliphatic heterocycles. The van der Waals surface area contributed by atoms with Gasteiger partial charge in [-0.2, -0.15) is 0 Å². The highest BCUT2D eigenvalue weighted by molar-refractivity contribution is 7.17. The Labute approximate surface area is 174 Å². The predicted octanol–water partition coefficient (Wildman–Crippen LogP) is 4.04. The van der Waals surface area contributed by atoms with E-state index in [1.165, 1.54) is 6.42 Å². The zero-order valence-electron chi connectivity index (χ0n) is 16.6. The Morgan fingerprint density at radius 2 is 2.17 bits per heavy atom. The van der Waals surface area contributed by atoms with Crippen LogP contribution in [0.2, 0.25) is 0 Å². The Hall–Kier alpha value is -2.22. The van der Waals surface area contributed by atoms with Gasteiger partial charge in [0, 0.05) is 40.9 Å². The van der Waals surface area contributed by atoms with Gasteiger partial charge in [-0.05, 0) is 67.9 Å². The average molecular weight is 411 g/mol. The number of hydrogen-bond donors (Lipinski definition) is 2. The molecule has 0 spiro atoms. The molecule has 4 heterocycles. The van der Waals surface area contributed by atoms with Crippen LogP contribution in [0.4, 0.5) is 5.82 Å². The Kier molecular flexibility index (Phi) is 5.11. The average Bonchev–Trinajstić information content (AvgIpc) is 3.42. The smallest absolute Gasteiger partial charge is 0.149 e. The van der Waals surface area contributed by atoms with E-state index in [-0.39, 0.29) is 5.75 Å². The number of phenols is 1. The van der Waals surface area contributed by atoms with Gasteiger partial charge in [0.15, 0.2) is 0 Å². The van der Waals surface area contributed by atoms with Gasteiger partial charge in [-0.3, -0.25) is 4.90 Å². The number of rotatable bonds is 4. The summed E-state index contributed by atoms with van der Waals surface area (Å²) in [5, 5.41) is 26.0. The zero-order valence-corrected chi connectivity index (χ0v) is 17.4. The number of anilines is 1. The fourth-order valence-corrected chi connectivity index (χ4v) is 5.31. The number of nitrogens with zero attached hydrogens (tertiary/aromatic N) is 3. The van der Waals surface area contributed by atoms with Crippen molar-refractivity contribution in [1.82, 2.24) is 15.1 Å².